The van der Waals surface area contributed by atoms with Gasteiger partial charge < -0.3 is 10.1 Å². The number of hydrogen-bond acceptors (Lipinski definition) is 4. The molecule has 1 atom stereocenters. The molecular weight excluding hydrogens is 301 g/mol. The molecule has 1 aliphatic rings. The molecule has 21 heavy (non-hydrogen) atoms. The fraction of sp³-hybridized carbons (Fsp3) is 0.500. The fourth-order valence-electron chi connectivity index (χ4n) is 2.00. The van der Waals surface area contributed by atoms with Gasteiger partial charge in [0, 0.05) is 10.9 Å². The summed E-state index contributed by atoms with van der Waals surface area (Å²) in [4.78, 5) is 4.40. The Morgan fingerprint density at radius 3 is 2.57 bits per heavy atom. The van der Waals surface area contributed by atoms with Crippen molar-refractivity contribution in [2.75, 3.05) is 11.9 Å². The molecule has 116 valence electrons. The zero-order chi connectivity index (χ0) is 15.5. The minimum Gasteiger partial charge on any atom is -0.406 e. The second-order valence-corrected chi connectivity index (χ2v) is 6.50. The predicted molar refractivity (Wildman–Crippen MR) is 79.9 cm³/mol. The van der Waals surface area contributed by atoms with E-state index in [-0.39, 0.29) is 5.75 Å². The van der Waals surface area contributed by atoms with E-state index in [9.17, 15) is 13.2 Å². The smallest absolute Gasteiger partial charge is 0.406 e. The summed E-state index contributed by atoms with van der Waals surface area (Å²) >= 11 is 1.68. The molecule has 0 bridgehead atoms. The number of nitrogens with zero attached hydrogens (tertiary/aromatic N) is 1. The van der Waals surface area contributed by atoms with Crippen LogP contribution >= 0.6 is 11.8 Å². The molecule has 0 aromatic heterocycles. The molecular formula is C14H17F3N2OS. The second kappa shape index (κ2) is 6.60. The summed E-state index contributed by atoms with van der Waals surface area (Å²) in [6.07, 6.45) is -3.57. The van der Waals surface area contributed by atoms with Gasteiger partial charge in [-0.15, -0.1) is 13.2 Å². The number of anilines is 1. The normalized spacial score (nSPS) is 18.8. The Labute approximate surface area is 126 Å². The van der Waals surface area contributed by atoms with Gasteiger partial charge in [-0.3, -0.25) is 4.99 Å². The molecule has 1 heterocycles. The van der Waals surface area contributed by atoms with Gasteiger partial charge in [0.1, 0.15) is 5.75 Å². The zero-order valence-electron chi connectivity index (χ0n) is 11.8. The van der Waals surface area contributed by atoms with Crippen LogP contribution < -0.4 is 10.1 Å². The van der Waals surface area contributed by atoms with E-state index in [4.69, 9.17) is 0 Å². The maximum atomic E-state index is 12.1. The third-order valence-corrected chi connectivity index (χ3v) is 3.92. The maximum absolute atomic E-state index is 12.1. The molecule has 0 aliphatic carbocycles. The summed E-state index contributed by atoms with van der Waals surface area (Å²) in [5, 5.41) is 4.39. The van der Waals surface area contributed by atoms with Crippen LogP contribution in [0.4, 0.5) is 18.9 Å². The first-order chi connectivity index (χ1) is 9.82. The lowest BCUT2D eigenvalue weighted by atomic mass is 10.1. The Morgan fingerprint density at radius 2 is 2.00 bits per heavy atom. The molecule has 0 spiro atoms. The van der Waals surface area contributed by atoms with Gasteiger partial charge in [-0.1, -0.05) is 25.6 Å². The highest BCUT2D eigenvalue weighted by atomic mass is 32.2. The van der Waals surface area contributed by atoms with Gasteiger partial charge in [-0.25, -0.2) is 0 Å². The minimum atomic E-state index is -4.66. The van der Waals surface area contributed by atoms with Crippen molar-refractivity contribution in [1.82, 2.24) is 0 Å². The number of halogens is 3. The highest BCUT2D eigenvalue weighted by Crippen LogP contribution is 2.28. The third kappa shape index (κ3) is 5.49. The predicted octanol–water partition coefficient (Wildman–Crippen LogP) is 4.51. The number of rotatable bonds is 4. The number of ether oxygens (including phenoxy) is 1. The Hall–Kier alpha value is -1.37. The van der Waals surface area contributed by atoms with Crippen molar-refractivity contribution < 1.29 is 17.9 Å². The molecule has 7 heteroatoms. The van der Waals surface area contributed by atoms with E-state index < -0.39 is 6.36 Å². The van der Waals surface area contributed by atoms with E-state index in [1.54, 1.807) is 23.9 Å². The number of amidine groups is 1. The number of benzene rings is 1. The van der Waals surface area contributed by atoms with Crippen LogP contribution in [0.25, 0.3) is 0 Å². The average Bonchev–Trinajstić information content (AvgIpc) is 2.76. The van der Waals surface area contributed by atoms with Gasteiger partial charge in [0.2, 0.25) is 0 Å². The van der Waals surface area contributed by atoms with Crippen LogP contribution in [0, 0.1) is 5.92 Å². The number of nitrogens with one attached hydrogen (secondary N) is 1. The van der Waals surface area contributed by atoms with Crippen LogP contribution in [0.15, 0.2) is 29.3 Å². The number of aliphatic imine (C=N–C) groups is 1. The van der Waals surface area contributed by atoms with Crippen LogP contribution in [0.1, 0.15) is 20.3 Å². The molecule has 1 unspecified atom stereocenters. The van der Waals surface area contributed by atoms with Crippen molar-refractivity contribution in [2.24, 2.45) is 10.9 Å². The summed E-state index contributed by atoms with van der Waals surface area (Å²) in [5.41, 5.74) is 0.695. The Balaban J connectivity index is 1.87. The van der Waals surface area contributed by atoms with Gasteiger partial charge in [-0.2, -0.15) is 0 Å². The Bertz CT molecular complexity index is 500. The fourth-order valence-corrected chi connectivity index (χ4v) is 3.27. The topological polar surface area (TPSA) is 33.6 Å². The van der Waals surface area contributed by atoms with Crippen molar-refractivity contribution in [3.63, 3.8) is 0 Å². The van der Waals surface area contributed by atoms with E-state index >= 15 is 0 Å². The van der Waals surface area contributed by atoms with Crippen molar-refractivity contribution >= 4 is 22.6 Å². The van der Waals surface area contributed by atoms with Gasteiger partial charge in [0.05, 0.1) is 6.54 Å². The number of hydrogen-bond donors (Lipinski definition) is 1. The summed E-state index contributed by atoms with van der Waals surface area (Å²) in [6.45, 7) is 5.12. The molecule has 0 fully saturated rings. The van der Waals surface area contributed by atoms with Crippen molar-refractivity contribution in [3.8, 4) is 5.75 Å². The Kier molecular flexibility index (Phi) is 5.03. The van der Waals surface area contributed by atoms with E-state index in [0.717, 1.165) is 18.1 Å². The molecule has 1 aromatic rings. The van der Waals surface area contributed by atoms with Crippen LogP contribution in [0.5, 0.6) is 5.75 Å². The van der Waals surface area contributed by atoms with E-state index in [0.29, 0.717) is 16.9 Å². The molecule has 1 aromatic carbocycles. The van der Waals surface area contributed by atoms with Crippen LogP contribution in [-0.2, 0) is 0 Å². The summed E-state index contributed by atoms with van der Waals surface area (Å²) < 4.78 is 40.0. The lowest BCUT2D eigenvalue weighted by Crippen LogP contribution is -2.17. The molecule has 2 rings (SSSR count). The van der Waals surface area contributed by atoms with E-state index in [1.807, 2.05) is 0 Å². The van der Waals surface area contributed by atoms with E-state index in [2.05, 4.69) is 28.9 Å². The first-order valence-corrected chi connectivity index (χ1v) is 7.54. The summed E-state index contributed by atoms with van der Waals surface area (Å²) in [6, 6.07) is 5.64. The Morgan fingerprint density at radius 1 is 1.33 bits per heavy atom. The first kappa shape index (κ1) is 16.0. The third-order valence-electron chi connectivity index (χ3n) is 2.79. The molecule has 3 nitrogen and oxygen atoms in total. The molecule has 0 amide bonds. The summed E-state index contributed by atoms with van der Waals surface area (Å²) in [7, 11) is 0. The van der Waals surface area contributed by atoms with Crippen molar-refractivity contribution in [3.05, 3.63) is 24.3 Å². The van der Waals surface area contributed by atoms with Crippen LogP contribution in [0.2, 0.25) is 0 Å². The summed E-state index contributed by atoms with van der Waals surface area (Å²) in [5.74, 6) is 0.391. The van der Waals surface area contributed by atoms with Crippen molar-refractivity contribution in [1.29, 1.82) is 0 Å². The van der Waals surface area contributed by atoms with E-state index in [1.165, 1.54) is 12.1 Å². The largest absolute Gasteiger partial charge is 0.573 e. The van der Waals surface area contributed by atoms with Gasteiger partial charge in [0.15, 0.2) is 5.17 Å². The number of alkyl halides is 3. The van der Waals surface area contributed by atoms with Crippen LogP contribution in [0.3, 0.4) is 0 Å². The maximum Gasteiger partial charge on any atom is 0.573 e. The second-order valence-electron chi connectivity index (χ2n) is 5.21. The first-order valence-electron chi connectivity index (χ1n) is 6.66. The monoisotopic (exact) mass is 318 g/mol. The molecule has 0 saturated heterocycles. The van der Waals surface area contributed by atoms with Gasteiger partial charge in [0.25, 0.3) is 0 Å². The zero-order valence-corrected chi connectivity index (χ0v) is 12.6. The minimum absolute atomic E-state index is 0.230. The molecule has 1 aliphatic heterocycles. The average molecular weight is 318 g/mol. The lowest BCUT2D eigenvalue weighted by molar-refractivity contribution is -0.274. The highest BCUT2D eigenvalue weighted by molar-refractivity contribution is 8.15. The van der Waals surface area contributed by atoms with Crippen molar-refractivity contribution in [2.45, 2.75) is 31.9 Å². The van der Waals surface area contributed by atoms with Gasteiger partial charge >= 0.3 is 6.36 Å². The SMILES string of the molecule is CC(C)CC1CN=C(Nc2ccc(OC(F)(F)F)cc2)S1. The standard InChI is InChI=1S/C14H17F3N2OS/c1-9(2)7-12-8-18-13(21-12)19-10-3-5-11(6-4-10)20-14(15,16)17/h3-6,9,12H,7-8H2,1-2H3,(H,18,19). The van der Waals surface area contributed by atoms with Gasteiger partial charge in [-0.05, 0) is 36.6 Å². The number of thioether (sulfide) groups is 1. The quantitative estimate of drug-likeness (QED) is 0.886. The lowest BCUT2D eigenvalue weighted by Gasteiger charge is -2.12. The molecule has 1 N–H and O–H groups in total. The molecule has 0 radical (unpaired) electrons. The van der Waals surface area contributed by atoms with Crippen LogP contribution in [-0.4, -0.2) is 23.3 Å². The highest BCUT2D eigenvalue weighted by Gasteiger charge is 2.31. The molecule has 0 saturated carbocycles.